The van der Waals surface area contributed by atoms with Crippen LogP contribution in [-0.4, -0.2) is 11.1 Å². The van der Waals surface area contributed by atoms with E-state index in [-0.39, 0.29) is 11.1 Å². The average molecular weight is 245 g/mol. The van der Waals surface area contributed by atoms with Crippen LogP contribution < -0.4 is 5.32 Å². The molecule has 0 unspecified atom stereocenters. The summed E-state index contributed by atoms with van der Waals surface area (Å²) < 4.78 is 5.22. The number of imide groups is 1. The van der Waals surface area contributed by atoms with Crippen molar-refractivity contribution in [2.75, 3.05) is 0 Å². The van der Waals surface area contributed by atoms with E-state index in [9.17, 15) is 9.59 Å². The molecule has 0 aliphatic carbocycles. The van der Waals surface area contributed by atoms with Gasteiger partial charge in [0.25, 0.3) is 11.1 Å². The zero-order valence-electron chi connectivity index (χ0n) is 8.60. The second kappa shape index (κ2) is 3.78. The number of hydrogen-bond donors (Lipinski definition) is 1. The third-order valence-electron chi connectivity index (χ3n) is 2.42. The third kappa shape index (κ3) is 1.85. The summed E-state index contributed by atoms with van der Waals surface area (Å²) in [4.78, 5) is 22.8. The van der Waals surface area contributed by atoms with Crippen molar-refractivity contribution in [3.05, 3.63) is 41.0 Å². The van der Waals surface area contributed by atoms with Gasteiger partial charge in [-0.2, -0.15) is 0 Å². The van der Waals surface area contributed by atoms with Gasteiger partial charge in [-0.15, -0.1) is 0 Å². The molecule has 2 aromatic rings. The Balaban J connectivity index is 2.01. The predicted octanol–water partition coefficient (Wildman–Crippen LogP) is 2.76. The molecular formula is C12H7NO3S. The Kier molecular flexibility index (Phi) is 2.26. The summed E-state index contributed by atoms with van der Waals surface area (Å²) in [5.41, 5.74) is 1.66. The molecule has 1 aromatic carbocycles. The molecule has 0 saturated carbocycles. The lowest BCUT2D eigenvalue weighted by Crippen LogP contribution is -2.17. The van der Waals surface area contributed by atoms with Crippen molar-refractivity contribution in [1.82, 2.24) is 5.32 Å². The second-order valence-corrected chi connectivity index (χ2v) is 4.58. The molecule has 2 amide bonds. The number of rotatable bonds is 1. The van der Waals surface area contributed by atoms with E-state index in [1.165, 1.54) is 0 Å². The molecule has 1 N–H and O–H groups in total. The highest BCUT2D eigenvalue weighted by atomic mass is 32.2. The van der Waals surface area contributed by atoms with Crippen LogP contribution in [0.25, 0.3) is 17.0 Å². The monoisotopic (exact) mass is 245 g/mol. The van der Waals surface area contributed by atoms with Crippen LogP contribution in [0.2, 0.25) is 0 Å². The number of thioether (sulfide) groups is 1. The molecule has 1 aromatic heterocycles. The summed E-state index contributed by atoms with van der Waals surface area (Å²) in [6, 6.07) is 7.43. The first-order valence-corrected chi connectivity index (χ1v) is 5.76. The van der Waals surface area contributed by atoms with Crippen LogP contribution in [0.1, 0.15) is 5.56 Å². The smallest absolute Gasteiger partial charge is 0.290 e. The Morgan fingerprint density at radius 2 is 2.12 bits per heavy atom. The maximum atomic E-state index is 11.4. The number of fused-ring (bicyclic) bond motifs is 1. The molecule has 17 heavy (non-hydrogen) atoms. The van der Waals surface area contributed by atoms with Crippen molar-refractivity contribution in [1.29, 1.82) is 0 Å². The molecule has 1 aliphatic rings. The summed E-state index contributed by atoms with van der Waals surface area (Å²) in [5.74, 6) is -0.340. The Morgan fingerprint density at radius 3 is 2.88 bits per heavy atom. The van der Waals surface area contributed by atoms with Gasteiger partial charge in [0.2, 0.25) is 0 Å². The van der Waals surface area contributed by atoms with E-state index in [0.717, 1.165) is 28.3 Å². The highest BCUT2D eigenvalue weighted by Gasteiger charge is 2.24. The Bertz CT molecular complexity index is 657. The summed E-state index contributed by atoms with van der Waals surface area (Å²) in [7, 11) is 0. The largest absolute Gasteiger partial charge is 0.464 e. The van der Waals surface area contributed by atoms with Gasteiger partial charge < -0.3 is 4.42 Å². The van der Waals surface area contributed by atoms with Gasteiger partial charge in [-0.05, 0) is 41.6 Å². The highest BCUT2D eigenvalue weighted by molar-refractivity contribution is 8.18. The van der Waals surface area contributed by atoms with Crippen LogP contribution in [0.5, 0.6) is 0 Å². The van der Waals surface area contributed by atoms with E-state index in [4.69, 9.17) is 4.42 Å². The van der Waals surface area contributed by atoms with Crippen molar-refractivity contribution < 1.29 is 14.0 Å². The van der Waals surface area contributed by atoms with Gasteiger partial charge in [0.05, 0.1) is 11.2 Å². The number of furan rings is 1. The lowest BCUT2D eigenvalue weighted by Gasteiger charge is -1.95. The minimum atomic E-state index is -0.340. The zero-order chi connectivity index (χ0) is 11.8. The van der Waals surface area contributed by atoms with E-state index in [1.54, 1.807) is 12.3 Å². The van der Waals surface area contributed by atoms with Crippen molar-refractivity contribution in [3.63, 3.8) is 0 Å². The fraction of sp³-hybridized carbons (Fsp3) is 0. The summed E-state index contributed by atoms with van der Waals surface area (Å²) >= 11 is 0.914. The van der Waals surface area contributed by atoms with Crippen molar-refractivity contribution in [3.8, 4) is 0 Å². The lowest BCUT2D eigenvalue weighted by atomic mass is 10.1. The molecule has 84 valence electrons. The number of carbonyl (C=O) groups is 2. The quantitative estimate of drug-likeness (QED) is 0.785. The fourth-order valence-electron chi connectivity index (χ4n) is 1.65. The number of carbonyl (C=O) groups excluding carboxylic acids is 2. The van der Waals surface area contributed by atoms with E-state index in [0.29, 0.717) is 4.91 Å². The van der Waals surface area contributed by atoms with Crippen molar-refractivity contribution in [2.45, 2.75) is 0 Å². The molecule has 0 radical (unpaired) electrons. The van der Waals surface area contributed by atoms with Crippen LogP contribution in [0.15, 0.2) is 39.9 Å². The molecule has 4 nitrogen and oxygen atoms in total. The SMILES string of the molecule is O=C1NC(=O)/C(=C\c2ccc3occc3c2)S1. The summed E-state index contributed by atoms with van der Waals surface area (Å²) in [6.07, 6.45) is 3.31. The number of amides is 2. The normalized spacial score (nSPS) is 18.0. The molecule has 1 saturated heterocycles. The van der Waals surface area contributed by atoms with Gasteiger partial charge in [0.1, 0.15) is 5.58 Å². The molecular weight excluding hydrogens is 238 g/mol. The Labute approximate surface area is 101 Å². The molecule has 2 heterocycles. The molecule has 5 heteroatoms. The van der Waals surface area contributed by atoms with Gasteiger partial charge >= 0.3 is 0 Å². The van der Waals surface area contributed by atoms with Gasteiger partial charge in [0, 0.05) is 5.39 Å². The summed E-state index contributed by atoms with van der Waals surface area (Å²) in [5, 5.41) is 2.86. The Morgan fingerprint density at radius 1 is 1.24 bits per heavy atom. The zero-order valence-corrected chi connectivity index (χ0v) is 9.41. The first kappa shape index (κ1) is 10.2. The molecule has 0 spiro atoms. The number of nitrogens with one attached hydrogen (secondary N) is 1. The first-order chi connectivity index (χ1) is 8.22. The lowest BCUT2D eigenvalue weighted by molar-refractivity contribution is -0.115. The van der Waals surface area contributed by atoms with E-state index in [1.807, 2.05) is 24.3 Å². The molecule has 0 atom stereocenters. The Hall–Kier alpha value is -2.01. The van der Waals surface area contributed by atoms with Gasteiger partial charge in [-0.25, -0.2) is 0 Å². The minimum absolute atomic E-state index is 0.328. The van der Waals surface area contributed by atoms with E-state index >= 15 is 0 Å². The second-order valence-electron chi connectivity index (χ2n) is 3.57. The molecule has 1 aliphatic heterocycles. The maximum absolute atomic E-state index is 11.4. The highest BCUT2D eigenvalue weighted by Crippen LogP contribution is 2.26. The van der Waals surface area contributed by atoms with Gasteiger partial charge in [-0.3, -0.25) is 14.9 Å². The average Bonchev–Trinajstić information content (AvgIpc) is 2.85. The van der Waals surface area contributed by atoms with Crippen LogP contribution in [0, 0.1) is 0 Å². The van der Waals surface area contributed by atoms with E-state index < -0.39 is 0 Å². The maximum Gasteiger partial charge on any atom is 0.290 e. The number of hydrogen-bond acceptors (Lipinski definition) is 4. The summed E-state index contributed by atoms with van der Waals surface area (Å²) in [6.45, 7) is 0. The van der Waals surface area contributed by atoms with Crippen molar-refractivity contribution in [2.24, 2.45) is 0 Å². The van der Waals surface area contributed by atoms with Crippen molar-refractivity contribution >= 4 is 40.0 Å². The minimum Gasteiger partial charge on any atom is -0.464 e. The standard InChI is InChI=1S/C12H7NO3S/c14-11-10(17-12(15)13-11)6-7-1-2-9-8(5-7)3-4-16-9/h1-6H,(H,13,14,15)/b10-6+. The third-order valence-corrected chi connectivity index (χ3v) is 3.23. The van der Waals surface area contributed by atoms with Gasteiger partial charge in [0.15, 0.2) is 0 Å². The van der Waals surface area contributed by atoms with Gasteiger partial charge in [-0.1, -0.05) is 6.07 Å². The molecule has 1 fully saturated rings. The van der Waals surface area contributed by atoms with Crippen LogP contribution in [0.3, 0.4) is 0 Å². The first-order valence-electron chi connectivity index (χ1n) is 4.94. The molecule has 0 bridgehead atoms. The van der Waals surface area contributed by atoms with Crippen LogP contribution in [0.4, 0.5) is 4.79 Å². The van der Waals surface area contributed by atoms with E-state index in [2.05, 4.69) is 5.32 Å². The van der Waals surface area contributed by atoms with Crippen LogP contribution in [-0.2, 0) is 4.79 Å². The molecule has 3 rings (SSSR count). The fourth-order valence-corrected chi connectivity index (χ4v) is 2.33. The number of benzene rings is 1. The topological polar surface area (TPSA) is 59.3 Å². The van der Waals surface area contributed by atoms with Crippen LogP contribution >= 0.6 is 11.8 Å². The predicted molar refractivity (Wildman–Crippen MR) is 65.3 cm³/mol.